The van der Waals surface area contributed by atoms with Crippen LogP contribution in [0.4, 0.5) is 5.13 Å². The first-order chi connectivity index (χ1) is 11.8. The fourth-order valence-corrected chi connectivity index (χ4v) is 4.08. The zero-order valence-electron chi connectivity index (χ0n) is 13.9. The van der Waals surface area contributed by atoms with Gasteiger partial charge in [-0.15, -0.1) is 11.3 Å². The Balaban J connectivity index is 1.24. The van der Waals surface area contributed by atoms with Gasteiger partial charge in [0, 0.05) is 31.1 Å². The lowest BCUT2D eigenvalue weighted by Crippen LogP contribution is -2.47. The van der Waals surface area contributed by atoms with Gasteiger partial charge in [-0.25, -0.2) is 4.98 Å². The number of nitrogens with one attached hydrogen (secondary N) is 1. The average molecular weight is 345 g/mol. The molecule has 2 aliphatic heterocycles. The van der Waals surface area contributed by atoms with Crippen LogP contribution in [0.3, 0.4) is 0 Å². The van der Waals surface area contributed by atoms with E-state index in [-0.39, 0.29) is 6.10 Å². The minimum Gasteiger partial charge on any atom is -0.486 e. The Kier molecular flexibility index (Phi) is 4.58. The van der Waals surface area contributed by atoms with Crippen molar-refractivity contribution in [3.8, 4) is 11.5 Å². The van der Waals surface area contributed by atoms with Crippen LogP contribution in [0, 0.1) is 6.92 Å². The number of benzene rings is 1. The molecule has 0 spiro atoms. The Labute approximate surface area is 146 Å². The third kappa shape index (κ3) is 3.49. The lowest BCUT2D eigenvalue weighted by molar-refractivity contribution is 0.0873. The topological polar surface area (TPSA) is 46.6 Å². The highest BCUT2D eigenvalue weighted by atomic mass is 32.1. The fraction of sp³-hybridized carbons (Fsp3) is 0.500. The predicted molar refractivity (Wildman–Crippen MR) is 96.4 cm³/mol. The highest BCUT2D eigenvalue weighted by Crippen LogP contribution is 2.30. The molecule has 1 N–H and O–H groups in total. The molecule has 0 aliphatic carbocycles. The lowest BCUT2D eigenvalue weighted by atomic mass is 10.1. The third-order valence-corrected chi connectivity index (χ3v) is 5.59. The first-order valence-corrected chi connectivity index (χ1v) is 9.45. The van der Waals surface area contributed by atoms with Crippen LogP contribution in [0.15, 0.2) is 29.6 Å². The second-order valence-corrected chi connectivity index (χ2v) is 7.28. The fourth-order valence-electron chi connectivity index (χ4n) is 3.22. The lowest BCUT2D eigenvalue weighted by Gasteiger charge is -2.33. The number of aryl methyl sites for hydroxylation is 1. The third-order valence-electron chi connectivity index (χ3n) is 4.57. The zero-order chi connectivity index (χ0) is 16.4. The van der Waals surface area contributed by atoms with E-state index in [1.54, 1.807) is 11.3 Å². The Bertz CT molecular complexity index is 682. The SMILES string of the molecule is Cc1csc(N2CCC(NCC3COc4ccccc4O3)CC2)n1. The number of piperidine rings is 1. The summed E-state index contributed by atoms with van der Waals surface area (Å²) in [5, 5.41) is 6.93. The number of aromatic nitrogens is 1. The number of rotatable bonds is 4. The number of thiazole rings is 1. The Morgan fingerprint density at radius 3 is 2.79 bits per heavy atom. The number of hydrogen-bond acceptors (Lipinski definition) is 6. The van der Waals surface area contributed by atoms with Crippen molar-refractivity contribution in [1.29, 1.82) is 0 Å². The van der Waals surface area contributed by atoms with E-state index >= 15 is 0 Å². The molecule has 2 aromatic rings. The van der Waals surface area contributed by atoms with Crippen molar-refractivity contribution >= 4 is 16.5 Å². The van der Waals surface area contributed by atoms with Crippen LogP contribution in [0.1, 0.15) is 18.5 Å². The smallest absolute Gasteiger partial charge is 0.185 e. The van der Waals surface area contributed by atoms with Gasteiger partial charge in [0.1, 0.15) is 12.7 Å². The molecule has 1 saturated heterocycles. The minimum absolute atomic E-state index is 0.0829. The Morgan fingerprint density at radius 2 is 2.04 bits per heavy atom. The quantitative estimate of drug-likeness (QED) is 0.923. The molecule has 1 fully saturated rings. The second kappa shape index (κ2) is 6.99. The van der Waals surface area contributed by atoms with Crippen molar-refractivity contribution in [2.75, 3.05) is 31.1 Å². The van der Waals surface area contributed by atoms with Gasteiger partial charge in [0.05, 0.1) is 5.69 Å². The number of anilines is 1. The maximum absolute atomic E-state index is 6.01. The van der Waals surface area contributed by atoms with E-state index in [2.05, 4.69) is 27.5 Å². The van der Waals surface area contributed by atoms with E-state index in [4.69, 9.17) is 9.47 Å². The molecule has 1 aromatic heterocycles. The summed E-state index contributed by atoms with van der Waals surface area (Å²) in [5.74, 6) is 1.70. The van der Waals surface area contributed by atoms with E-state index in [1.165, 1.54) is 0 Å². The van der Waals surface area contributed by atoms with Crippen LogP contribution in [-0.2, 0) is 0 Å². The van der Waals surface area contributed by atoms with Gasteiger partial charge in [0.15, 0.2) is 16.6 Å². The molecule has 1 aromatic carbocycles. The summed E-state index contributed by atoms with van der Waals surface area (Å²) in [5.41, 5.74) is 1.12. The molecule has 0 bridgehead atoms. The highest BCUT2D eigenvalue weighted by Gasteiger charge is 2.24. The Morgan fingerprint density at radius 1 is 1.25 bits per heavy atom. The molecule has 24 heavy (non-hydrogen) atoms. The van der Waals surface area contributed by atoms with E-state index in [0.717, 1.165) is 54.8 Å². The summed E-state index contributed by atoms with van der Waals surface area (Å²) in [6.07, 6.45) is 2.37. The summed E-state index contributed by atoms with van der Waals surface area (Å²) in [7, 11) is 0. The van der Waals surface area contributed by atoms with Crippen molar-refractivity contribution in [2.24, 2.45) is 0 Å². The number of hydrogen-bond donors (Lipinski definition) is 1. The van der Waals surface area contributed by atoms with Gasteiger partial charge in [-0.2, -0.15) is 0 Å². The molecule has 5 nitrogen and oxygen atoms in total. The van der Waals surface area contributed by atoms with Gasteiger partial charge in [-0.3, -0.25) is 0 Å². The van der Waals surface area contributed by atoms with Crippen LogP contribution in [0.2, 0.25) is 0 Å². The number of para-hydroxylation sites is 2. The first-order valence-electron chi connectivity index (χ1n) is 8.57. The monoisotopic (exact) mass is 345 g/mol. The maximum atomic E-state index is 6.01. The van der Waals surface area contributed by atoms with Gasteiger partial charge in [0.25, 0.3) is 0 Å². The van der Waals surface area contributed by atoms with Gasteiger partial charge >= 0.3 is 0 Å². The van der Waals surface area contributed by atoms with Crippen LogP contribution in [0.5, 0.6) is 11.5 Å². The maximum Gasteiger partial charge on any atom is 0.185 e. The zero-order valence-corrected chi connectivity index (χ0v) is 14.7. The van der Waals surface area contributed by atoms with Gasteiger partial charge in [-0.1, -0.05) is 12.1 Å². The molecule has 128 valence electrons. The summed E-state index contributed by atoms with van der Waals surface area (Å²) < 4.78 is 11.8. The molecule has 3 heterocycles. The summed E-state index contributed by atoms with van der Waals surface area (Å²) in [6.45, 7) is 5.63. The molecular formula is C18H23N3O2S. The minimum atomic E-state index is 0.0829. The average Bonchev–Trinajstić information content (AvgIpc) is 3.07. The van der Waals surface area contributed by atoms with Crippen LogP contribution in [-0.4, -0.2) is 43.4 Å². The molecule has 1 atom stereocenters. The molecule has 0 radical (unpaired) electrons. The highest BCUT2D eigenvalue weighted by molar-refractivity contribution is 7.13. The van der Waals surface area contributed by atoms with E-state index in [9.17, 15) is 0 Å². The molecule has 0 amide bonds. The molecular weight excluding hydrogens is 322 g/mol. The second-order valence-electron chi connectivity index (χ2n) is 6.44. The number of fused-ring (bicyclic) bond motifs is 1. The van der Waals surface area contributed by atoms with Crippen LogP contribution in [0.25, 0.3) is 0 Å². The predicted octanol–water partition coefficient (Wildman–Crippen LogP) is 2.85. The summed E-state index contributed by atoms with van der Waals surface area (Å²) in [6, 6.07) is 8.42. The molecule has 1 unspecified atom stereocenters. The molecule has 4 rings (SSSR count). The van der Waals surface area contributed by atoms with E-state index in [0.29, 0.717) is 12.6 Å². The van der Waals surface area contributed by atoms with Crippen LogP contribution >= 0.6 is 11.3 Å². The van der Waals surface area contributed by atoms with E-state index < -0.39 is 0 Å². The van der Waals surface area contributed by atoms with Gasteiger partial charge < -0.3 is 19.7 Å². The molecule has 2 aliphatic rings. The van der Waals surface area contributed by atoms with Gasteiger partial charge in [0.2, 0.25) is 0 Å². The molecule has 0 saturated carbocycles. The van der Waals surface area contributed by atoms with Crippen molar-refractivity contribution < 1.29 is 9.47 Å². The van der Waals surface area contributed by atoms with E-state index in [1.807, 2.05) is 24.3 Å². The van der Waals surface area contributed by atoms with Crippen molar-refractivity contribution in [2.45, 2.75) is 31.9 Å². The molecule has 6 heteroatoms. The largest absolute Gasteiger partial charge is 0.486 e. The van der Waals surface area contributed by atoms with Crippen molar-refractivity contribution in [3.63, 3.8) is 0 Å². The Hall–Kier alpha value is -1.79. The van der Waals surface area contributed by atoms with Crippen LogP contribution < -0.4 is 19.7 Å². The number of nitrogens with zero attached hydrogens (tertiary/aromatic N) is 2. The summed E-state index contributed by atoms with van der Waals surface area (Å²) in [4.78, 5) is 6.98. The first kappa shape index (κ1) is 15.7. The number of ether oxygens (including phenoxy) is 2. The normalized spacial score (nSPS) is 21.0. The standard InChI is InChI=1S/C18H23N3O2S/c1-13-12-24-18(20-13)21-8-6-14(7-9-21)19-10-15-11-22-16-4-2-3-5-17(16)23-15/h2-5,12,14-15,19H,6-11H2,1H3. The van der Waals surface area contributed by atoms with Crippen molar-refractivity contribution in [3.05, 3.63) is 35.3 Å². The summed E-state index contributed by atoms with van der Waals surface area (Å²) >= 11 is 1.74. The van der Waals surface area contributed by atoms with Crippen molar-refractivity contribution in [1.82, 2.24) is 10.3 Å². The van der Waals surface area contributed by atoms with Gasteiger partial charge in [-0.05, 0) is 31.9 Å².